The number of anilines is 2. The van der Waals surface area contributed by atoms with Gasteiger partial charge in [-0.15, -0.1) is 0 Å². The fraction of sp³-hybridized carbons (Fsp3) is 0.235. The number of carbonyl (C=O) groups is 1. The third-order valence-corrected chi connectivity index (χ3v) is 5.07. The second-order valence-electron chi connectivity index (χ2n) is 5.54. The molecule has 0 radical (unpaired) electrons. The van der Waals surface area contributed by atoms with E-state index in [4.69, 9.17) is 11.6 Å². The van der Waals surface area contributed by atoms with Crippen molar-refractivity contribution in [1.29, 1.82) is 0 Å². The first-order valence-electron chi connectivity index (χ1n) is 7.28. The molecule has 0 aliphatic carbocycles. The van der Waals surface area contributed by atoms with E-state index in [-0.39, 0.29) is 6.54 Å². The number of aryl methyl sites for hydroxylation is 1. The zero-order chi connectivity index (χ0) is 17.9. The molecule has 24 heavy (non-hydrogen) atoms. The molecule has 128 valence electrons. The third kappa shape index (κ3) is 4.49. The Morgan fingerprint density at radius 1 is 1.12 bits per heavy atom. The molecule has 0 heterocycles. The molecule has 0 spiro atoms. The van der Waals surface area contributed by atoms with E-state index in [0.29, 0.717) is 16.4 Å². The van der Waals surface area contributed by atoms with Crippen LogP contribution in [0.5, 0.6) is 0 Å². The summed E-state index contributed by atoms with van der Waals surface area (Å²) < 4.78 is 25.1. The molecule has 1 amide bonds. The van der Waals surface area contributed by atoms with E-state index in [2.05, 4.69) is 5.32 Å². The maximum atomic E-state index is 12.3. The lowest BCUT2D eigenvalue weighted by atomic mass is 10.1. The topological polar surface area (TPSA) is 66.5 Å². The highest BCUT2D eigenvalue weighted by Gasteiger charge is 2.21. The maximum absolute atomic E-state index is 12.3. The van der Waals surface area contributed by atoms with Crippen LogP contribution in [0.3, 0.4) is 0 Å². The minimum absolute atomic E-state index is 0.312. The van der Waals surface area contributed by atoms with Crippen molar-refractivity contribution < 1.29 is 13.2 Å². The predicted molar refractivity (Wildman–Crippen MR) is 98.2 cm³/mol. The lowest BCUT2D eigenvalue weighted by molar-refractivity contribution is -0.114. The van der Waals surface area contributed by atoms with Crippen molar-refractivity contribution in [3.05, 3.63) is 58.6 Å². The lowest BCUT2D eigenvalue weighted by Gasteiger charge is -2.22. The number of rotatable bonds is 5. The Hall–Kier alpha value is -2.05. The number of benzene rings is 2. The Labute approximate surface area is 147 Å². The molecule has 7 heteroatoms. The summed E-state index contributed by atoms with van der Waals surface area (Å²) in [6.07, 6.45) is 1.06. The molecule has 0 aliphatic heterocycles. The molecular formula is C17H19ClN2O3S. The number of nitrogens with one attached hydrogen (secondary N) is 1. The smallest absolute Gasteiger partial charge is 0.245 e. The van der Waals surface area contributed by atoms with E-state index in [9.17, 15) is 13.2 Å². The standard InChI is InChI=1S/C17H19ClN2O3S/c1-12-5-4-6-16(13(12)2)19-17(21)11-20(24(3,22)23)15-9-7-14(18)8-10-15/h4-10H,11H2,1-3H3,(H,19,21). The molecule has 0 fully saturated rings. The van der Waals surface area contributed by atoms with Gasteiger partial charge in [-0.3, -0.25) is 9.10 Å². The molecule has 0 unspecified atom stereocenters. The van der Waals surface area contributed by atoms with Crippen LogP contribution in [0.15, 0.2) is 42.5 Å². The van der Waals surface area contributed by atoms with Crippen molar-refractivity contribution in [2.24, 2.45) is 0 Å². The Kier molecular flexibility index (Phi) is 5.51. The second-order valence-corrected chi connectivity index (χ2v) is 7.88. The van der Waals surface area contributed by atoms with E-state index in [1.165, 1.54) is 0 Å². The monoisotopic (exact) mass is 366 g/mol. The summed E-state index contributed by atoms with van der Waals surface area (Å²) in [5, 5.41) is 3.26. The highest BCUT2D eigenvalue weighted by molar-refractivity contribution is 7.92. The van der Waals surface area contributed by atoms with Gasteiger partial charge < -0.3 is 5.32 Å². The van der Waals surface area contributed by atoms with Crippen LogP contribution in [0.2, 0.25) is 5.02 Å². The molecule has 0 saturated heterocycles. The van der Waals surface area contributed by atoms with Crippen molar-refractivity contribution in [2.45, 2.75) is 13.8 Å². The molecule has 0 aliphatic rings. The molecule has 0 atom stereocenters. The lowest BCUT2D eigenvalue weighted by Crippen LogP contribution is -2.37. The SMILES string of the molecule is Cc1cccc(NC(=O)CN(c2ccc(Cl)cc2)S(C)(=O)=O)c1C. The van der Waals surface area contributed by atoms with E-state index >= 15 is 0 Å². The van der Waals surface area contributed by atoms with Gasteiger partial charge in [0.05, 0.1) is 11.9 Å². The highest BCUT2D eigenvalue weighted by atomic mass is 35.5. The van der Waals surface area contributed by atoms with Crippen LogP contribution in [0.4, 0.5) is 11.4 Å². The fourth-order valence-electron chi connectivity index (χ4n) is 2.21. The van der Waals surface area contributed by atoms with Crippen LogP contribution in [-0.4, -0.2) is 27.1 Å². The average Bonchev–Trinajstić information content (AvgIpc) is 2.49. The van der Waals surface area contributed by atoms with Crippen LogP contribution in [0.25, 0.3) is 0 Å². The van der Waals surface area contributed by atoms with Crippen LogP contribution >= 0.6 is 11.6 Å². The Bertz CT molecular complexity index is 849. The van der Waals surface area contributed by atoms with E-state index < -0.39 is 15.9 Å². The first-order valence-corrected chi connectivity index (χ1v) is 9.50. The zero-order valence-electron chi connectivity index (χ0n) is 13.7. The molecule has 2 rings (SSSR count). The van der Waals surface area contributed by atoms with E-state index in [1.54, 1.807) is 30.3 Å². The molecule has 1 N–H and O–H groups in total. The van der Waals surface area contributed by atoms with Gasteiger partial charge in [0.2, 0.25) is 15.9 Å². The summed E-state index contributed by atoms with van der Waals surface area (Å²) in [7, 11) is -3.61. The number of nitrogens with zero attached hydrogens (tertiary/aromatic N) is 1. The Balaban J connectivity index is 2.22. The van der Waals surface area contributed by atoms with Gasteiger partial charge >= 0.3 is 0 Å². The molecule has 0 aromatic heterocycles. The van der Waals surface area contributed by atoms with Gasteiger partial charge in [-0.05, 0) is 55.3 Å². The average molecular weight is 367 g/mol. The number of amides is 1. The van der Waals surface area contributed by atoms with Crippen LogP contribution in [0.1, 0.15) is 11.1 Å². The zero-order valence-corrected chi connectivity index (χ0v) is 15.3. The minimum atomic E-state index is -3.61. The summed E-state index contributed by atoms with van der Waals surface area (Å²) in [6, 6.07) is 11.9. The fourth-order valence-corrected chi connectivity index (χ4v) is 3.20. The van der Waals surface area contributed by atoms with Gasteiger partial charge in [-0.1, -0.05) is 23.7 Å². The number of sulfonamides is 1. The molecule has 0 bridgehead atoms. The summed E-state index contributed by atoms with van der Waals surface area (Å²) >= 11 is 5.83. The number of hydrogen-bond acceptors (Lipinski definition) is 3. The Morgan fingerprint density at radius 2 is 1.75 bits per heavy atom. The van der Waals surface area contributed by atoms with Crippen molar-refractivity contribution in [3.8, 4) is 0 Å². The summed E-state index contributed by atoms with van der Waals surface area (Å²) in [6.45, 7) is 3.54. The normalized spacial score (nSPS) is 11.2. The van der Waals surface area contributed by atoms with Crippen LogP contribution < -0.4 is 9.62 Å². The number of halogens is 1. The van der Waals surface area contributed by atoms with Crippen LogP contribution in [0, 0.1) is 13.8 Å². The second kappa shape index (κ2) is 7.23. The maximum Gasteiger partial charge on any atom is 0.245 e. The van der Waals surface area contributed by atoms with Crippen molar-refractivity contribution in [3.63, 3.8) is 0 Å². The van der Waals surface area contributed by atoms with Gasteiger partial charge in [-0.2, -0.15) is 0 Å². The van der Waals surface area contributed by atoms with Crippen LogP contribution in [-0.2, 0) is 14.8 Å². The van der Waals surface area contributed by atoms with Gasteiger partial charge in [-0.25, -0.2) is 8.42 Å². The molecule has 2 aromatic carbocycles. The first-order chi connectivity index (χ1) is 11.2. The van der Waals surface area contributed by atoms with E-state index in [1.807, 2.05) is 26.0 Å². The quantitative estimate of drug-likeness (QED) is 0.882. The minimum Gasteiger partial charge on any atom is -0.324 e. The largest absolute Gasteiger partial charge is 0.324 e. The van der Waals surface area contributed by atoms with Crippen molar-refractivity contribution in [2.75, 3.05) is 22.4 Å². The molecular weight excluding hydrogens is 348 g/mol. The summed E-state index contributed by atoms with van der Waals surface area (Å²) in [4.78, 5) is 12.3. The number of carbonyl (C=O) groups excluding carboxylic acids is 1. The molecule has 5 nitrogen and oxygen atoms in total. The van der Waals surface area contributed by atoms with Gasteiger partial charge in [0.1, 0.15) is 6.54 Å². The highest BCUT2D eigenvalue weighted by Crippen LogP contribution is 2.21. The molecule has 0 saturated carbocycles. The first kappa shape index (κ1) is 18.3. The summed E-state index contributed by atoms with van der Waals surface area (Å²) in [5.74, 6) is -0.413. The summed E-state index contributed by atoms with van der Waals surface area (Å²) in [5.41, 5.74) is 3.05. The van der Waals surface area contributed by atoms with Gasteiger partial charge in [0, 0.05) is 10.7 Å². The van der Waals surface area contributed by atoms with E-state index in [0.717, 1.165) is 21.7 Å². The van der Waals surface area contributed by atoms with Crippen molar-refractivity contribution >= 4 is 38.9 Å². The third-order valence-electron chi connectivity index (χ3n) is 3.68. The van der Waals surface area contributed by atoms with Gasteiger partial charge in [0.15, 0.2) is 0 Å². The van der Waals surface area contributed by atoms with Gasteiger partial charge in [0.25, 0.3) is 0 Å². The predicted octanol–water partition coefficient (Wildman–Crippen LogP) is 3.36. The Morgan fingerprint density at radius 3 is 2.33 bits per heavy atom. The molecule has 2 aromatic rings. The number of hydrogen-bond donors (Lipinski definition) is 1. The van der Waals surface area contributed by atoms with Crippen molar-refractivity contribution in [1.82, 2.24) is 0 Å².